The average Bonchev–Trinajstić information content (AvgIpc) is 2.72. The number of piperazine rings is 1. The van der Waals surface area contributed by atoms with Gasteiger partial charge in [-0.1, -0.05) is 48.0 Å². The highest BCUT2D eigenvalue weighted by Crippen LogP contribution is 2.19. The summed E-state index contributed by atoms with van der Waals surface area (Å²) in [6.45, 7) is 7.55. The molecule has 3 aromatic rings. The quantitative estimate of drug-likeness (QED) is 0.761. The van der Waals surface area contributed by atoms with Crippen molar-refractivity contribution in [3.05, 3.63) is 87.3 Å². The van der Waals surface area contributed by atoms with E-state index in [9.17, 15) is 4.79 Å². The monoisotopic (exact) mass is 374 g/mol. The van der Waals surface area contributed by atoms with Gasteiger partial charge in [-0.05, 0) is 31.5 Å². The second-order valence-electron chi connectivity index (χ2n) is 7.43. The van der Waals surface area contributed by atoms with Crippen LogP contribution in [0.1, 0.15) is 22.4 Å². The molecule has 5 heteroatoms. The Hall–Kier alpha value is -3.08. The van der Waals surface area contributed by atoms with Gasteiger partial charge in [0, 0.05) is 43.9 Å². The highest BCUT2D eigenvalue weighted by atomic mass is 16.1. The molecule has 0 aliphatic carbocycles. The maximum atomic E-state index is 12.7. The summed E-state index contributed by atoms with van der Waals surface area (Å²) in [4.78, 5) is 25.0. The lowest BCUT2D eigenvalue weighted by molar-refractivity contribution is 0.637. The lowest BCUT2D eigenvalue weighted by atomic mass is 10.1. The number of nitrogens with zero attached hydrogens (tertiary/aromatic N) is 3. The van der Waals surface area contributed by atoms with Crippen molar-refractivity contribution in [1.82, 2.24) is 9.97 Å². The van der Waals surface area contributed by atoms with Crippen LogP contribution in [0, 0.1) is 13.8 Å². The molecule has 4 rings (SSSR count). The van der Waals surface area contributed by atoms with Gasteiger partial charge in [0.1, 0.15) is 0 Å². The van der Waals surface area contributed by atoms with Crippen LogP contribution < -0.4 is 15.4 Å². The number of rotatable bonds is 4. The summed E-state index contributed by atoms with van der Waals surface area (Å²) in [6, 6.07) is 18.7. The number of hydrogen-bond donors (Lipinski definition) is 1. The van der Waals surface area contributed by atoms with Crippen molar-refractivity contribution < 1.29 is 0 Å². The summed E-state index contributed by atoms with van der Waals surface area (Å²) < 4.78 is 0. The minimum absolute atomic E-state index is 0.0349. The second kappa shape index (κ2) is 7.89. The smallest absolute Gasteiger partial charge is 0.256 e. The molecule has 0 radical (unpaired) electrons. The Morgan fingerprint density at radius 1 is 0.893 bits per heavy atom. The van der Waals surface area contributed by atoms with Gasteiger partial charge in [0.2, 0.25) is 5.95 Å². The summed E-state index contributed by atoms with van der Waals surface area (Å²) in [5, 5.41) is 0. The molecule has 2 heterocycles. The van der Waals surface area contributed by atoms with E-state index >= 15 is 0 Å². The molecule has 1 aliphatic rings. The van der Waals surface area contributed by atoms with Gasteiger partial charge < -0.3 is 9.80 Å². The van der Waals surface area contributed by atoms with Crippen LogP contribution in [-0.4, -0.2) is 36.1 Å². The van der Waals surface area contributed by atoms with Crippen LogP contribution >= 0.6 is 0 Å². The van der Waals surface area contributed by atoms with E-state index in [0.717, 1.165) is 43.0 Å². The molecule has 0 unspecified atom stereocenters. The SMILES string of the molecule is Cc1ccc(N2CCN(c3nc(C)c(Cc4ccccc4)c(=O)[nH]3)CC2)cc1. The Morgan fingerprint density at radius 2 is 1.54 bits per heavy atom. The van der Waals surface area contributed by atoms with Crippen LogP contribution in [0.3, 0.4) is 0 Å². The molecule has 144 valence electrons. The molecule has 1 N–H and O–H groups in total. The van der Waals surface area contributed by atoms with Crippen LogP contribution in [0.5, 0.6) is 0 Å². The zero-order valence-corrected chi connectivity index (χ0v) is 16.5. The number of anilines is 2. The van der Waals surface area contributed by atoms with Gasteiger partial charge >= 0.3 is 0 Å². The number of aromatic nitrogens is 2. The van der Waals surface area contributed by atoms with Gasteiger partial charge in [0.15, 0.2) is 0 Å². The Bertz CT molecular complexity index is 987. The van der Waals surface area contributed by atoms with Crippen molar-refractivity contribution in [1.29, 1.82) is 0 Å². The van der Waals surface area contributed by atoms with Crippen LogP contribution in [0.2, 0.25) is 0 Å². The summed E-state index contributed by atoms with van der Waals surface area (Å²) in [5.41, 5.74) is 5.16. The molecular weight excluding hydrogens is 348 g/mol. The largest absolute Gasteiger partial charge is 0.368 e. The van der Waals surface area contributed by atoms with Crippen molar-refractivity contribution in [2.24, 2.45) is 0 Å². The highest BCUT2D eigenvalue weighted by molar-refractivity contribution is 5.49. The predicted molar refractivity (Wildman–Crippen MR) is 114 cm³/mol. The molecule has 1 aromatic heterocycles. The molecule has 0 atom stereocenters. The molecule has 1 fully saturated rings. The topological polar surface area (TPSA) is 52.2 Å². The van der Waals surface area contributed by atoms with Crippen molar-refractivity contribution in [3.8, 4) is 0 Å². The first-order chi connectivity index (χ1) is 13.6. The summed E-state index contributed by atoms with van der Waals surface area (Å²) in [7, 11) is 0. The minimum atomic E-state index is -0.0349. The Labute approximate surface area is 165 Å². The number of aryl methyl sites for hydroxylation is 2. The van der Waals surface area contributed by atoms with E-state index in [1.807, 2.05) is 37.3 Å². The molecule has 2 aromatic carbocycles. The fraction of sp³-hybridized carbons (Fsp3) is 0.304. The highest BCUT2D eigenvalue weighted by Gasteiger charge is 2.20. The zero-order chi connectivity index (χ0) is 19.5. The lowest BCUT2D eigenvalue weighted by Gasteiger charge is -2.36. The molecule has 1 saturated heterocycles. The van der Waals surface area contributed by atoms with Crippen molar-refractivity contribution in [2.45, 2.75) is 20.3 Å². The van der Waals surface area contributed by atoms with Gasteiger partial charge in [0.25, 0.3) is 5.56 Å². The van der Waals surface area contributed by atoms with Gasteiger partial charge in [0.05, 0.1) is 5.69 Å². The van der Waals surface area contributed by atoms with E-state index < -0.39 is 0 Å². The first-order valence-corrected chi connectivity index (χ1v) is 9.80. The third-order valence-electron chi connectivity index (χ3n) is 5.41. The molecule has 28 heavy (non-hydrogen) atoms. The van der Waals surface area contributed by atoms with E-state index in [0.29, 0.717) is 12.4 Å². The maximum absolute atomic E-state index is 12.7. The first kappa shape index (κ1) is 18.3. The first-order valence-electron chi connectivity index (χ1n) is 9.80. The van der Waals surface area contributed by atoms with Gasteiger partial charge in [-0.3, -0.25) is 9.78 Å². The standard InChI is InChI=1S/C23H26N4O/c1-17-8-10-20(11-9-17)26-12-14-27(15-13-26)23-24-18(2)21(22(28)25-23)16-19-6-4-3-5-7-19/h3-11H,12-16H2,1-2H3,(H,24,25,28). The number of H-pyrrole nitrogens is 1. The number of hydrogen-bond acceptors (Lipinski definition) is 4. The van der Waals surface area contributed by atoms with E-state index in [1.165, 1.54) is 11.3 Å². The lowest BCUT2D eigenvalue weighted by Crippen LogP contribution is -2.47. The molecule has 5 nitrogen and oxygen atoms in total. The van der Waals surface area contributed by atoms with Crippen molar-refractivity contribution >= 4 is 11.6 Å². The third kappa shape index (κ3) is 3.93. The zero-order valence-electron chi connectivity index (χ0n) is 16.5. The number of nitrogens with one attached hydrogen (secondary N) is 1. The van der Waals surface area contributed by atoms with Gasteiger partial charge in [-0.15, -0.1) is 0 Å². The Morgan fingerprint density at radius 3 is 2.18 bits per heavy atom. The predicted octanol–water partition coefficient (Wildman–Crippen LogP) is 3.30. The van der Waals surface area contributed by atoms with Gasteiger partial charge in [-0.25, -0.2) is 4.98 Å². The van der Waals surface area contributed by atoms with E-state index in [4.69, 9.17) is 4.98 Å². The summed E-state index contributed by atoms with van der Waals surface area (Å²) in [6.07, 6.45) is 0.608. The maximum Gasteiger partial charge on any atom is 0.256 e. The van der Waals surface area contributed by atoms with Crippen molar-refractivity contribution in [2.75, 3.05) is 36.0 Å². The van der Waals surface area contributed by atoms with Gasteiger partial charge in [-0.2, -0.15) is 0 Å². The van der Waals surface area contributed by atoms with Crippen LogP contribution in [-0.2, 0) is 6.42 Å². The fourth-order valence-corrected chi connectivity index (χ4v) is 3.69. The summed E-state index contributed by atoms with van der Waals surface area (Å²) >= 11 is 0. The van der Waals surface area contributed by atoms with Crippen LogP contribution in [0.25, 0.3) is 0 Å². The average molecular weight is 374 g/mol. The Balaban J connectivity index is 1.47. The van der Waals surface area contributed by atoms with E-state index in [2.05, 4.69) is 46.0 Å². The third-order valence-corrected chi connectivity index (χ3v) is 5.41. The summed E-state index contributed by atoms with van der Waals surface area (Å²) in [5.74, 6) is 0.683. The minimum Gasteiger partial charge on any atom is -0.368 e. The molecule has 0 bridgehead atoms. The molecule has 1 aliphatic heterocycles. The normalized spacial score (nSPS) is 14.4. The van der Waals surface area contributed by atoms with E-state index in [1.54, 1.807) is 0 Å². The fourth-order valence-electron chi connectivity index (χ4n) is 3.69. The number of benzene rings is 2. The van der Waals surface area contributed by atoms with E-state index in [-0.39, 0.29) is 5.56 Å². The number of aromatic amines is 1. The molecule has 0 spiro atoms. The Kier molecular flexibility index (Phi) is 5.15. The van der Waals surface area contributed by atoms with Crippen molar-refractivity contribution in [3.63, 3.8) is 0 Å². The van der Waals surface area contributed by atoms with Crippen LogP contribution in [0.4, 0.5) is 11.6 Å². The molecular formula is C23H26N4O. The molecule has 0 amide bonds. The second-order valence-corrected chi connectivity index (χ2v) is 7.43. The van der Waals surface area contributed by atoms with Crippen LogP contribution in [0.15, 0.2) is 59.4 Å². The molecule has 0 saturated carbocycles.